The average molecular weight is 290 g/mol. The van der Waals surface area contributed by atoms with Crippen molar-refractivity contribution in [2.45, 2.75) is 25.8 Å². The first kappa shape index (κ1) is 14.7. The molecule has 0 saturated heterocycles. The van der Waals surface area contributed by atoms with Crippen LogP contribution in [0.25, 0.3) is 0 Å². The summed E-state index contributed by atoms with van der Waals surface area (Å²) in [5.74, 6) is 0.806. The molecule has 0 aliphatic carbocycles. The van der Waals surface area contributed by atoms with Crippen LogP contribution in [0.3, 0.4) is 0 Å². The van der Waals surface area contributed by atoms with Gasteiger partial charge in [-0.1, -0.05) is 55.3 Å². The highest BCUT2D eigenvalue weighted by atomic mass is 35.5. The summed E-state index contributed by atoms with van der Waals surface area (Å²) < 4.78 is 5.26. The molecule has 2 nitrogen and oxygen atoms in total. The number of halogens is 1. The van der Waals surface area contributed by atoms with E-state index in [4.69, 9.17) is 16.3 Å². The summed E-state index contributed by atoms with van der Waals surface area (Å²) in [6, 6.07) is 16.4. The molecule has 0 bridgehead atoms. The first-order chi connectivity index (χ1) is 9.74. The summed E-state index contributed by atoms with van der Waals surface area (Å²) in [6.45, 7) is 2.19. The lowest BCUT2D eigenvalue weighted by atomic mass is 10.0. The maximum absolute atomic E-state index is 6.27. The number of nitrogens with one attached hydrogen (secondary N) is 1. The monoisotopic (exact) mass is 289 g/mol. The minimum absolute atomic E-state index is 0.255. The molecule has 0 heterocycles. The van der Waals surface area contributed by atoms with Crippen molar-refractivity contribution in [3.8, 4) is 5.75 Å². The zero-order valence-corrected chi connectivity index (χ0v) is 12.7. The van der Waals surface area contributed by atoms with Crippen molar-refractivity contribution < 1.29 is 4.74 Å². The van der Waals surface area contributed by atoms with Crippen molar-refractivity contribution >= 4 is 17.3 Å². The minimum atomic E-state index is 0.255. The summed E-state index contributed by atoms with van der Waals surface area (Å²) in [5.41, 5.74) is 2.18. The molecule has 2 aromatic rings. The van der Waals surface area contributed by atoms with Gasteiger partial charge >= 0.3 is 0 Å². The third-order valence-electron chi connectivity index (χ3n) is 3.28. The predicted octanol–water partition coefficient (Wildman–Crippen LogP) is 5.30. The van der Waals surface area contributed by atoms with E-state index >= 15 is 0 Å². The molecule has 2 rings (SSSR count). The molecule has 0 aliphatic heterocycles. The van der Waals surface area contributed by atoms with Crippen LogP contribution in [0.4, 0.5) is 5.69 Å². The van der Waals surface area contributed by atoms with Gasteiger partial charge < -0.3 is 10.1 Å². The van der Waals surface area contributed by atoms with Gasteiger partial charge in [0.1, 0.15) is 5.75 Å². The summed E-state index contributed by atoms with van der Waals surface area (Å²) >= 11 is 6.27. The smallest absolute Gasteiger partial charge is 0.121 e. The number of methoxy groups -OCH3 is 1. The molecule has 0 saturated carbocycles. The molecule has 106 valence electrons. The summed E-state index contributed by atoms with van der Waals surface area (Å²) in [6.07, 6.45) is 2.16. The standard InChI is InChI=1S/C17H20ClNO/c1-3-7-16(13-8-5-4-6-9-13)19-17-12-14(20-2)10-11-15(17)18/h4-6,8-12,16,19H,3,7H2,1-2H3. The Hall–Kier alpha value is -1.67. The van der Waals surface area contributed by atoms with E-state index in [2.05, 4.69) is 36.5 Å². The summed E-state index contributed by atoms with van der Waals surface area (Å²) in [5, 5.41) is 4.24. The van der Waals surface area contributed by atoms with Crippen LogP contribution in [0.2, 0.25) is 5.02 Å². The fourth-order valence-corrected chi connectivity index (χ4v) is 2.40. The first-order valence-electron chi connectivity index (χ1n) is 6.89. The Bertz CT molecular complexity index is 542. The topological polar surface area (TPSA) is 21.3 Å². The zero-order chi connectivity index (χ0) is 14.4. The Morgan fingerprint density at radius 1 is 1.15 bits per heavy atom. The Morgan fingerprint density at radius 3 is 2.55 bits per heavy atom. The number of hydrogen-bond donors (Lipinski definition) is 1. The van der Waals surface area contributed by atoms with Crippen LogP contribution >= 0.6 is 11.6 Å². The van der Waals surface area contributed by atoms with Gasteiger partial charge in [-0.2, -0.15) is 0 Å². The Labute approximate surface area is 125 Å². The van der Waals surface area contributed by atoms with Crippen LogP contribution in [0.15, 0.2) is 48.5 Å². The summed E-state index contributed by atoms with van der Waals surface area (Å²) in [7, 11) is 1.66. The Balaban J connectivity index is 2.24. The molecule has 0 radical (unpaired) electrons. The minimum Gasteiger partial charge on any atom is -0.497 e. The molecule has 0 aliphatic rings. The lowest BCUT2D eigenvalue weighted by Crippen LogP contribution is -2.10. The van der Waals surface area contributed by atoms with E-state index < -0.39 is 0 Å². The van der Waals surface area contributed by atoms with Gasteiger partial charge in [-0.05, 0) is 24.1 Å². The van der Waals surface area contributed by atoms with E-state index in [1.54, 1.807) is 7.11 Å². The normalized spacial score (nSPS) is 11.9. The molecule has 2 aromatic carbocycles. The molecule has 1 atom stereocenters. The number of ether oxygens (including phenoxy) is 1. The van der Waals surface area contributed by atoms with Crippen molar-refractivity contribution in [1.29, 1.82) is 0 Å². The second-order valence-electron chi connectivity index (χ2n) is 4.74. The second kappa shape index (κ2) is 7.20. The van der Waals surface area contributed by atoms with Gasteiger partial charge in [0.2, 0.25) is 0 Å². The van der Waals surface area contributed by atoms with E-state index in [1.807, 2.05) is 24.3 Å². The van der Waals surface area contributed by atoms with Gasteiger partial charge in [0, 0.05) is 6.07 Å². The molecule has 3 heteroatoms. The largest absolute Gasteiger partial charge is 0.497 e. The number of benzene rings is 2. The molecule has 20 heavy (non-hydrogen) atoms. The zero-order valence-electron chi connectivity index (χ0n) is 11.9. The van der Waals surface area contributed by atoms with E-state index in [0.29, 0.717) is 5.02 Å². The molecule has 0 aromatic heterocycles. The number of hydrogen-bond acceptors (Lipinski definition) is 2. The predicted molar refractivity (Wildman–Crippen MR) is 85.7 cm³/mol. The quantitative estimate of drug-likeness (QED) is 0.779. The highest BCUT2D eigenvalue weighted by molar-refractivity contribution is 6.33. The summed E-state index contributed by atoms with van der Waals surface area (Å²) in [4.78, 5) is 0. The van der Waals surface area contributed by atoms with Crippen LogP contribution in [0.5, 0.6) is 5.75 Å². The average Bonchev–Trinajstić information content (AvgIpc) is 2.49. The van der Waals surface area contributed by atoms with Crippen molar-refractivity contribution in [1.82, 2.24) is 0 Å². The second-order valence-corrected chi connectivity index (χ2v) is 5.15. The highest BCUT2D eigenvalue weighted by Crippen LogP contribution is 2.31. The van der Waals surface area contributed by atoms with Gasteiger partial charge in [-0.25, -0.2) is 0 Å². The Morgan fingerprint density at radius 2 is 1.90 bits per heavy atom. The van der Waals surface area contributed by atoms with Crippen molar-refractivity contribution in [3.63, 3.8) is 0 Å². The molecular formula is C17H20ClNO. The first-order valence-corrected chi connectivity index (χ1v) is 7.27. The maximum atomic E-state index is 6.27. The lowest BCUT2D eigenvalue weighted by molar-refractivity contribution is 0.415. The fourth-order valence-electron chi connectivity index (χ4n) is 2.23. The molecule has 0 spiro atoms. The van der Waals surface area contributed by atoms with Crippen LogP contribution < -0.4 is 10.1 Å². The molecule has 0 fully saturated rings. The van der Waals surface area contributed by atoms with Crippen molar-refractivity contribution in [3.05, 3.63) is 59.1 Å². The lowest BCUT2D eigenvalue weighted by Gasteiger charge is -2.21. The van der Waals surface area contributed by atoms with E-state index in [-0.39, 0.29) is 6.04 Å². The SMILES string of the molecule is CCCC(Nc1cc(OC)ccc1Cl)c1ccccc1. The van der Waals surface area contributed by atoms with E-state index in [9.17, 15) is 0 Å². The molecular weight excluding hydrogens is 270 g/mol. The van der Waals surface area contributed by atoms with Crippen LogP contribution in [-0.2, 0) is 0 Å². The van der Waals surface area contributed by atoms with E-state index in [1.165, 1.54) is 5.56 Å². The molecule has 1 unspecified atom stereocenters. The van der Waals surface area contributed by atoms with Gasteiger partial charge in [-0.15, -0.1) is 0 Å². The van der Waals surface area contributed by atoms with Gasteiger partial charge in [0.25, 0.3) is 0 Å². The van der Waals surface area contributed by atoms with E-state index in [0.717, 1.165) is 24.3 Å². The third-order valence-corrected chi connectivity index (χ3v) is 3.61. The number of rotatable bonds is 6. The van der Waals surface area contributed by atoms with Gasteiger partial charge in [0.15, 0.2) is 0 Å². The fraction of sp³-hybridized carbons (Fsp3) is 0.294. The van der Waals surface area contributed by atoms with Crippen LogP contribution in [-0.4, -0.2) is 7.11 Å². The highest BCUT2D eigenvalue weighted by Gasteiger charge is 2.12. The van der Waals surface area contributed by atoms with Crippen molar-refractivity contribution in [2.75, 3.05) is 12.4 Å². The van der Waals surface area contributed by atoms with Crippen molar-refractivity contribution in [2.24, 2.45) is 0 Å². The van der Waals surface area contributed by atoms with Crippen LogP contribution in [0, 0.1) is 0 Å². The number of anilines is 1. The van der Waals surface area contributed by atoms with Crippen LogP contribution in [0.1, 0.15) is 31.4 Å². The molecule has 1 N–H and O–H groups in total. The van der Waals surface area contributed by atoms with Gasteiger partial charge in [0.05, 0.1) is 23.9 Å². The molecule has 0 amide bonds. The maximum Gasteiger partial charge on any atom is 0.121 e. The Kier molecular flexibility index (Phi) is 5.31. The van der Waals surface area contributed by atoms with Gasteiger partial charge in [-0.3, -0.25) is 0 Å². The third kappa shape index (κ3) is 3.67.